The Hall–Kier alpha value is -3.82. The fourth-order valence-corrected chi connectivity index (χ4v) is 4.83. The van der Waals surface area contributed by atoms with Gasteiger partial charge in [-0.25, -0.2) is 13.1 Å². The number of carbonyl (C=O) groups is 1. The first-order valence-electron chi connectivity index (χ1n) is 11.1. The lowest BCUT2D eigenvalue weighted by molar-refractivity contribution is 0.0951. The van der Waals surface area contributed by atoms with Gasteiger partial charge in [0, 0.05) is 29.3 Å². The van der Waals surface area contributed by atoms with Gasteiger partial charge in [-0.3, -0.25) is 4.79 Å². The topological polar surface area (TPSA) is 114 Å². The van der Waals surface area contributed by atoms with Crippen LogP contribution in [-0.4, -0.2) is 30.6 Å². The zero-order valence-corrected chi connectivity index (χ0v) is 20.5. The highest BCUT2D eigenvalue weighted by molar-refractivity contribution is 7.89. The van der Waals surface area contributed by atoms with E-state index >= 15 is 0 Å². The number of benzene rings is 3. The first-order valence-corrected chi connectivity index (χ1v) is 12.6. The molecule has 0 radical (unpaired) electrons. The number of hydrogen-bond acceptors (Lipinski definition) is 6. The monoisotopic (exact) mass is 490 g/mol. The second-order valence-corrected chi connectivity index (χ2v) is 10.1. The lowest BCUT2D eigenvalue weighted by Crippen LogP contribution is -2.30. The van der Waals surface area contributed by atoms with Crippen molar-refractivity contribution >= 4 is 15.9 Å². The lowest BCUT2D eigenvalue weighted by Gasteiger charge is -2.11. The largest absolute Gasteiger partial charge is 0.416 e. The minimum Gasteiger partial charge on any atom is -0.416 e. The standard InChI is InChI=1S/C26H26N4O4S/c1-17(2)30-35(32,33)22-9-6-8-19(15-22)16-27-24(31)20-11-13-21(14-12-20)25-28-29-26(34-25)23-10-5-4-7-18(23)3/h4-15,17,30H,16H2,1-3H3,(H,27,31). The molecule has 0 unspecified atom stereocenters. The molecule has 180 valence electrons. The molecule has 4 rings (SSSR count). The molecule has 0 aliphatic rings. The summed E-state index contributed by atoms with van der Waals surface area (Å²) < 4.78 is 33.2. The molecule has 4 aromatic rings. The van der Waals surface area contributed by atoms with Crippen LogP contribution in [-0.2, 0) is 16.6 Å². The van der Waals surface area contributed by atoms with Gasteiger partial charge in [-0.2, -0.15) is 0 Å². The summed E-state index contributed by atoms with van der Waals surface area (Å²) in [4.78, 5) is 12.8. The fraction of sp³-hybridized carbons (Fsp3) is 0.192. The Kier molecular flexibility index (Phi) is 7.09. The summed E-state index contributed by atoms with van der Waals surface area (Å²) in [5.41, 5.74) is 3.74. The molecule has 8 nitrogen and oxygen atoms in total. The predicted octanol–water partition coefficient (Wildman–Crippen LogP) is 4.33. The third-order valence-corrected chi connectivity index (χ3v) is 6.90. The van der Waals surface area contributed by atoms with Crippen molar-refractivity contribution in [2.75, 3.05) is 0 Å². The van der Waals surface area contributed by atoms with E-state index in [9.17, 15) is 13.2 Å². The van der Waals surface area contributed by atoms with E-state index in [1.54, 1.807) is 56.3 Å². The van der Waals surface area contributed by atoms with Gasteiger partial charge >= 0.3 is 0 Å². The number of rotatable bonds is 8. The van der Waals surface area contributed by atoms with Crippen LogP contribution in [0.25, 0.3) is 22.9 Å². The molecule has 3 aromatic carbocycles. The summed E-state index contributed by atoms with van der Waals surface area (Å²) in [6, 6.07) is 20.9. The van der Waals surface area contributed by atoms with Gasteiger partial charge in [0.15, 0.2) is 0 Å². The first-order chi connectivity index (χ1) is 16.7. The van der Waals surface area contributed by atoms with Crippen molar-refractivity contribution in [1.82, 2.24) is 20.2 Å². The number of carbonyl (C=O) groups excluding carboxylic acids is 1. The van der Waals surface area contributed by atoms with Crippen molar-refractivity contribution in [1.29, 1.82) is 0 Å². The SMILES string of the molecule is Cc1ccccc1-c1nnc(-c2ccc(C(=O)NCc3cccc(S(=O)(=O)NC(C)C)c3)cc2)o1. The molecule has 0 bridgehead atoms. The van der Waals surface area contributed by atoms with Crippen LogP contribution in [0, 0.1) is 6.92 Å². The number of nitrogens with zero attached hydrogens (tertiary/aromatic N) is 2. The van der Waals surface area contributed by atoms with E-state index in [4.69, 9.17) is 4.42 Å². The smallest absolute Gasteiger partial charge is 0.251 e. The van der Waals surface area contributed by atoms with Gasteiger partial charge in [-0.15, -0.1) is 10.2 Å². The molecular weight excluding hydrogens is 464 g/mol. The molecule has 0 saturated heterocycles. The molecule has 0 aliphatic carbocycles. The van der Waals surface area contributed by atoms with E-state index in [0.717, 1.165) is 11.1 Å². The molecule has 0 aliphatic heterocycles. The first kappa shape index (κ1) is 24.3. The average molecular weight is 491 g/mol. The minimum atomic E-state index is -3.61. The van der Waals surface area contributed by atoms with Gasteiger partial charge in [-0.1, -0.05) is 30.3 Å². The van der Waals surface area contributed by atoms with E-state index in [1.165, 1.54) is 6.07 Å². The van der Waals surface area contributed by atoms with Crippen molar-refractivity contribution in [3.8, 4) is 22.9 Å². The zero-order valence-electron chi connectivity index (χ0n) is 19.6. The fourth-order valence-electron chi connectivity index (χ4n) is 3.51. The van der Waals surface area contributed by atoms with E-state index in [2.05, 4.69) is 20.2 Å². The predicted molar refractivity (Wildman–Crippen MR) is 133 cm³/mol. The van der Waals surface area contributed by atoms with Gasteiger partial charge in [0.1, 0.15) is 0 Å². The Morgan fingerprint density at radius 3 is 2.37 bits per heavy atom. The highest BCUT2D eigenvalue weighted by atomic mass is 32.2. The summed E-state index contributed by atoms with van der Waals surface area (Å²) in [5, 5.41) is 11.1. The quantitative estimate of drug-likeness (QED) is 0.380. The Balaban J connectivity index is 1.42. The van der Waals surface area contributed by atoms with Crippen LogP contribution in [0.15, 0.2) is 82.1 Å². The molecule has 1 aromatic heterocycles. The number of nitrogens with one attached hydrogen (secondary N) is 2. The van der Waals surface area contributed by atoms with Crippen LogP contribution >= 0.6 is 0 Å². The molecule has 0 saturated carbocycles. The summed E-state index contributed by atoms with van der Waals surface area (Å²) in [7, 11) is -3.61. The van der Waals surface area contributed by atoms with Crippen molar-refractivity contribution in [3.05, 3.63) is 89.5 Å². The molecule has 0 fully saturated rings. The Morgan fingerprint density at radius 1 is 0.943 bits per heavy atom. The van der Waals surface area contributed by atoms with Crippen molar-refractivity contribution < 1.29 is 17.6 Å². The maximum Gasteiger partial charge on any atom is 0.251 e. The van der Waals surface area contributed by atoms with Crippen molar-refractivity contribution in [2.24, 2.45) is 0 Å². The van der Waals surface area contributed by atoms with Crippen LogP contribution in [0.1, 0.15) is 35.3 Å². The van der Waals surface area contributed by atoms with Crippen molar-refractivity contribution in [3.63, 3.8) is 0 Å². The second-order valence-electron chi connectivity index (χ2n) is 8.41. The molecular formula is C26H26N4O4S. The van der Waals surface area contributed by atoms with E-state index < -0.39 is 10.0 Å². The zero-order chi connectivity index (χ0) is 25.0. The second kappa shape index (κ2) is 10.2. The van der Waals surface area contributed by atoms with Gasteiger partial charge < -0.3 is 9.73 Å². The number of amides is 1. The highest BCUT2D eigenvalue weighted by Gasteiger charge is 2.16. The third-order valence-electron chi connectivity index (χ3n) is 5.25. The van der Waals surface area contributed by atoms with Gasteiger partial charge in [-0.05, 0) is 74.4 Å². The molecule has 1 amide bonds. The summed E-state index contributed by atoms with van der Waals surface area (Å²) in [6.45, 7) is 5.68. The average Bonchev–Trinajstić information content (AvgIpc) is 3.32. The summed E-state index contributed by atoms with van der Waals surface area (Å²) >= 11 is 0. The number of hydrogen-bond donors (Lipinski definition) is 2. The Bertz CT molecular complexity index is 1440. The van der Waals surface area contributed by atoms with Gasteiger partial charge in [0.2, 0.25) is 21.8 Å². The van der Waals surface area contributed by atoms with Gasteiger partial charge in [0.25, 0.3) is 5.91 Å². The van der Waals surface area contributed by atoms with Crippen LogP contribution < -0.4 is 10.0 Å². The molecule has 0 atom stereocenters. The van der Waals surface area contributed by atoms with E-state index in [0.29, 0.717) is 28.5 Å². The third kappa shape index (κ3) is 5.82. The van der Waals surface area contributed by atoms with Crippen LogP contribution in [0.4, 0.5) is 0 Å². The molecule has 9 heteroatoms. The van der Waals surface area contributed by atoms with Crippen molar-refractivity contribution in [2.45, 2.75) is 38.3 Å². The summed E-state index contributed by atoms with van der Waals surface area (Å²) in [5.74, 6) is 0.521. The minimum absolute atomic E-state index is 0.159. The molecule has 1 heterocycles. The molecule has 0 spiro atoms. The Morgan fingerprint density at radius 2 is 1.66 bits per heavy atom. The normalized spacial score (nSPS) is 11.5. The van der Waals surface area contributed by atoms with E-state index in [-0.39, 0.29) is 23.4 Å². The van der Waals surface area contributed by atoms with Crippen LogP contribution in [0.5, 0.6) is 0 Å². The molecule has 2 N–H and O–H groups in total. The van der Waals surface area contributed by atoms with Crippen LogP contribution in [0.3, 0.4) is 0 Å². The van der Waals surface area contributed by atoms with Crippen LogP contribution in [0.2, 0.25) is 0 Å². The number of aryl methyl sites for hydroxylation is 1. The van der Waals surface area contributed by atoms with Gasteiger partial charge in [0.05, 0.1) is 4.90 Å². The maximum absolute atomic E-state index is 12.6. The maximum atomic E-state index is 12.6. The highest BCUT2D eigenvalue weighted by Crippen LogP contribution is 2.26. The summed E-state index contributed by atoms with van der Waals surface area (Å²) in [6.07, 6.45) is 0. The Labute approximate surface area is 204 Å². The van der Waals surface area contributed by atoms with E-state index in [1.807, 2.05) is 31.2 Å². The lowest BCUT2D eigenvalue weighted by atomic mass is 10.1. The number of sulfonamides is 1. The molecule has 35 heavy (non-hydrogen) atoms. The number of aromatic nitrogens is 2.